The normalized spacial score (nSPS) is 18.1. The van der Waals surface area contributed by atoms with E-state index in [1.807, 2.05) is 43.3 Å². The van der Waals surface area contributed by atoms with Crippen molar-refractivity contribution in [2.24, 2.45) is 5.73 Å². The first-order valence-corrected chi connectivity index (χ1v) is 11.5. The Morgan fingerprint density at radius 3 is 2.12 bits per heavy atom. The first-order valence-electron chi connectivity index (χ1n) is 11.1. The van der Waals surface area contributed by atoms with E-state index in [9.17, 15) is 4.79 Å². The summed E-state index contributed by atoms with van der Waals surface area (Å²) in [5.74, 6) is 0. The zero-order valence-corrected chi connectivity index (χ0v) is 19.6. The largest absolute Gasteiger partial charge is 0.465 e. The van der Waals surface area contributed by atoms with Gasteiger partial charge in [-0.15, -0.1) is 0 Å². The van der Waals surface area contributed by atoms with E-state index in [0.29, 0.717) is 43.5 Å². The van der Waals surface area contributed by atoms with Crippen LogP contribution in [0, 0.1) is 0 Å². The number of benzene rings is 2. The Balaban J connectivity index is 1.91. The van der Waals surface area contributed by atoms with Crippen LogP contribution in [0.1, 0.15) is 30.9 Å². The molecule has 0 aliphatic carbocycles. The third kappa shape index (κ3) is 6.28. The summed E-state index contributed by atoms with van der Waals surface area (Å²) < 4.78 is 0. The lowest BCUT2D eigenvalue weighted by atomic mass is 9.91. The highest BCUT2D eigenvalue weighted by Crippen LogP contribution is 2.35. The van der Waals surface area contributed by atoms with Gasteiger partial charge in [-0.3, -0.25) is 10.2 Å². The Morgan fingerprint density at radius 2 is 1.58 bits per heavy atom. The monoisotopic (exact) mass is 469 g/mol. The number of nitrogens with two attached hydrogens (primary N) is 1. The molecule has 0 spiro atoms. The molecule has 0 saturated heterocycles. The number of unbranched alkanes of at least 4 members (excludes halogenated alkanes) is 1. The molecule has 2 aromatic rings. The van der Waals surface area contributed by atoms with E-state index in [2.05, 4.69) is 45.1 Å². The molecule has 0 saturated carbocycles. The van der Waals surface area contributed by atoms with Crippen molar-refractivity contribution < 1.29 is 9.90 Å². The molecule has 0 bridgehead atoms. The van der Waals surface area contributed by atoms with Gasteiger partial charge in [-0.2, -0.15) is 0 Å². The van der Waals surface area contributed by atoms with Gasteiger partial charge in [-0.25, -0.2) is 4.79 Å². The second-order valence-corrected chi connectivity index (χ2v) is 8.46. The standard InChI is InChI=1S/C25H32ClN5O2/c1-19-23(26)29-16-22(27)25(19,30-15-9-8-14-28-24(32)33)31(17-20-10-4-2-5-11-20)18-21-12-6-3-7-13-21/h2-7,10-13,16,28-30H,8-9,14-15,17-18,27H2,1H3,(H,32,33). The number of carbonyl (C=O) groups is 1. The predicted octanol–water partition coefficient (Wildman–Crippen LogP) is 3.90. The summed E-state index contributed by atoms with van der Waals surface area (Å²) in [6.07, 6.45) is 2.23. The van der Waals surface area contributed by atoms with Crippen molar-refractivity contribution >= 4 is 17.7 Å². The SMILES string of the molecule is CC1=C(Cl)NC=C(N)C1(NCCCCNC(=O)O)N(Cc1ccccc1)Cc1ccccc1. The van der Waals surface area contributed by atoms with Gasteiger partial charge in [0.15, 0.2) is 0 Å². The van der Waals surface area contributed by atoms with Gasteiger partial charge in [0.05, 0.1) is 5.70 Å². The second-order valence-electron chi connectivity index (χ2n) is 8.09. The second kappa shape index (κ2) is 11.7. The van der Waals surface area contributed by atoms with Gasteiger partial charge in [-0.1, -0.05) is 72.3 Å². The third-order valence-electron chi connectivity index (χ3n) is 5.81. The van der Waals surface area contributed by atoms with Crippen LogP contribution in [0.3, 0.4) is 0 Å². The molecule has 1 aliphatic heterocycles. The lowest BCUT2D eigenvalue weighted by molar-refractivity contribution is 0.0953. The first-order chi connectivity index (χ1) is 15.9. The molecule has 1 amide bonds. The lowest BCUT2D eigenvalue weighted by Gasteiger charge is -2.48. The zero-order valence-electron chi connectivity index (χ0n) is 18.9. The predicted molar refractivity (Wildman–Crippen MR) is 132 cm³/mol. The van der Waals surface area contributed by atoms with Gasteiger partial charge in [0.2, 0.25) is 0 Å². The minimum Gasteiger partial charge on any atom is -0.465 e. The van der Waals surface area contributed by atoms with Crippen molar-refractivity contribution in [1.82, 2.24) is 20.9 Å². The van der Waals surface area contributed by atoms with Crippen LogP contribution in [-0.2, 0) is 13.1 Å². The van der Waals surface area contributed by atoms with Gasteiger partial charge < -0.3 is 21.5 Å². The molecule has 1 heterocycles. The Hall–Kier alpha value is -3.00. The van der Waals surface area contributed by atoms with E-state index in [0.717, 1.165) is 23.1 Å². The molecule has 3 rings (SSSR count). The topological polar surface area (TPSA) is 103 Å². The molecule has 33 heavy (non-hydrogen) atoms. The first kappa shape index (κ1) is 24.6. The average Bonchev–Trinajstić information content (AvgIpc) is 2.81. The molecular formula is C25H32ClN5O2. The Labute approximate surface area is 200 Å². The summed E-state index contributed by atoms with van der Waals surface area (Å²) in [5.41, 5.74) is 9.71. The third-order valence-corrected chi connectivity index (χ3v) is 6.20. The van der Waals surface area contributed by atoms with E-state index >= 15 is 0 Å². The lowest BCUT2D eigenvalue weighted by Crippen LogP contribution is -2.64. The maximum absolute atomic E-state index is 10.7. The summed E-state index contributed by atoms with van der Waals surface area (Å²) in [5, 5.41) is 18.5. The number of nitrogens with zero attached hydrogens (tertiary/aromatic N) is 1. The van der Waals surface area contributed by atoms with Crippen LogP contribution >= 0.6 is 11.6 Å². The van der Waals surface area contributed by atoms with Crippen LogP contribution in [0.15, 0.2) is 83.3 Å². The van der Waals surface area contributed by atoms with Gasteiger partial charge in [0, 0.05) is 31.4 Å². The smallest absolute Gasteiger partial charge is 0.404 e. The van der Waals surface area contributed by atoms with Crippen molar-refractivity contribution in [2.45, 2.75) is 38.5 Å². The van der Waals surface area contributed by atoms with Gasteiger partial charge >= 0.3 is 6.09 Å². The highest BCUT2D eigenvalue weighted by Gasteiger charge is 2.44. The molecule has 7 nitrogen and oxygen atoms in total. The van der Waals surface area contributed by atoms with Crippen LogP contribution in [0.5, 0.6) is 0 Å². The van der Waals surface area contributed by atoms with Crippen LogP contribution in [0.2, 0.25) is 0 Å². The quantitative estimate of drug-likeness (QED) is 0.194. The summed E-state index contributed by atoms with van der Waals surface area (Å²) in [7, 11) is 0. The molecule has 1 atom stereocenters. The highest BCUT2D eigenvalue weighted by molar-refractivity contribution is 6.29. The number of amides is 1. The highest BCUT2D eigenvalue weighted by atomic mass is 35.5. The number of hydrogen-bond donors (Lipinski definition) is 5. The number of dihydropyridines is 1. The molecule has 0 radical (unpaired) electrons. The Bertz CT molecular complexity index is 939. The van der Waals surface area contributed by atoms with Crippen molar-refractivity contribution in [3.8, 4) is 0 Å². The van der Waals surface area contributed by atoms with Crippen molar-refractivity contribution in [1.29, 1.82) is 0 Å². The average molecular weight is 470 g/mol. The van der Waals surface area contributed by atoms with Gasteiger partial charge in [0.1, 0.15) is 10.8 Å². The number of rotatable bonds is 11. The molecule has 0 aromatic heterocycles. The maximum Gasteiger partial charge on any atom is 0.404 e. The van der Waals surface area contributed by atoms with E-state index in [4.69, 9.17) is 22.4 Å². The minimum atomic E-state index is -1.01. The number of nitrogens with one attached hydrogen (secondary N) is 3. The minimum absolute atomic E-state index is 0.407. The fourth-order valence-corrected chi connectivity index (χ4v) is 4.30. The van der Waals surface area contributed by atoms with Crippen molar-refractivity contribution in [2.75, 3.05) is 13.1 Å². The Kier molecular flexibility index (Phi) is 8.77. The molecular weight excluding hydrogens is 438 g/mol. The maximum atomic E-state index is 10.7. The molecule has 0 fully saturated rings. The molecule has 6 N–H and O–H groups in total. The van der Waals surface area contributed by atoms with Gasteiger partial charge in [-0.05, 0) is 37.4 Å². The van der Waals surface area contributed by atoms with Gasteiger partial charge in [0.25, 0.3) is 0 Å². The van der Waals surface area contributed by atoms with Crippen LogP contribution in [0.4, 0.5) is 4.79 Å². The fraction of sp³-hybridized carbons (Fsp3) is 0.320. The molecule has 2 aromatic carbocycles. The zero-order chi connectivity index (χ0) is 23.7. The van der Waals surface area contributed by atoms with E-state index < -0.39 is 11.8 Å². The van der Waals surface area contributed by atoms with Crippen LogP contribution in [0.25, 0.3) is 0 Å². The number of halogens is 1. The number of hydrogen-bond acceptors (Lipinski definition) is 5. The molecule has 1 aliphatic rings. The molecule has 8 heteroatoms. The summed E-state index contributed by atoms with van der Waals surface area (Å²) in [6, 6.07) is 20.5. The Morgan fingerprint density at radius 1 is 1.03 bits per heavy atom. The van der Waals surface area contributed by atoms with Crippen molar-refractivity contribution in [3.63, 3.8) is 0 Å². The summed E-state index contributed by atoms with van der Waals surface area (Å²) >= 11 is 6.59. The number of carboxylic acid groups (broad SMARTS) is 1. The summed E-state index contributed by atoms with van der Waals surface area (Å²) in [4.78, 5) is 13.0. The van der Waals surface area contributed by atoms with Crippen molar-refractivity contribution in [3.05, 3.63) is 94.4 Å². The molecule has 176 valence electrons. The van der Waals surface area contributed by atoms with E-state index in [1.165, 1.54) is 0 Å². The van der Waals surface area contributed by atoms with E-state index in [-0.39, 0.29) is 0 Å². The fourth-order valence-electron chi connectivity index (χ4n) is 4.11. The summed E-state index contributed by atoms with van der Waals surface area (Å²) in [6.45, 7) is 4.33. The molecule has 1 unspecified atom stereocenters. The van der Waals surface area contributed by atoms with E-state index in [1.54, 1.807) is 6.20 Å². The van der Waals surface area contributed by atoms with Crippen LogP contribution < -0.4 is 21.7 Å². The van der Waals surface area contributed by atoms with Crippen LogP contribution in [-0.4, -0.2) is 34.9 Å².